The lowest BCUT2D eigenvalue weighted by atomic mass is 10.2. The third kappa shape index (κ3) is 3.96. The second-order valence-electron chi connectivity index (χ2n) is 6.12. The first-order valence-corrected chi connectivity index (χ1v) is 9.93. The average Bonchev–Trinajstić information content (AvgIpc) is 2.64. The molecule has 8 heteroatoms. The molecule has 0 unspecified atom stereocenters. The Morgan fingerprint density at radius 2 is 1.69 bits per heavy atom. The van der Waals surface area contributed by atoms with Crippen LogP contribution in [-0.4, -0.2) is 46.0 Å². The van der Waals surface area contributed by atoms with Gasteiger partial charge in [0.25, 0.3) is 10.0 Å². The highest BCUT2D eigenvalue weighted by molar-refractivity contribution is 7.92. The molecule has 0 bridgehead atoms. The fourth-order valence-electron chi connectivity index (χ4n) is 2.99. The molecule has 0 amide bonds. The summed E-state index contributed by atoms with van der Waals surface area (Å²) in [5.41, 5.74) is 1.19. The van der Waals surface area contributed by atoms with Gasteiger partial charge >= 0.3 is 0 Å². The summed E-state index contributed by atoms with van der Waals surface area (Å²) in [4.78, 5) is 4.13. The van der Waals surface area contributed by atoms with Crippen LogP contribution in [0.5, 0.6) is 0 Å². The normalized spacial score (nSPS) is 15.9. The number of rotatable bonds is 5. The summed E-state index contributed by atoms with van der Waals surface area (Å²) in [6, 6.07) is 9.62. The Kier molecular flexibility index (Phi) is 5.43. The second kappa shape index (κ2) is 7.59. The second-order valence-corrected chi connectivity index (χ2v) is 7.80. The molecule has 0 spiro atoms. The number of hydrogen-bond acceptors (Lipinski definition) is 4. The number of benzene rings is 2. The molecule has 1 saturated heterocycles. The van der Waals surface area contributed by atoms with Gasteiger partial charge < -0.3 is 9.80 Å². The maximum absolute atomic E-state index is 13.4. The summed E-state index contributed by atoms with van der Waals surface area (Å²) < 4.78 is 54.1. The van der Waals surface area contributed by atoms with Crippen LogP contribution in [0.3, 0.4) is 0 Å². The fourth-order valence-corrected chi connectivity index (χ4v) is 4.07. The van der Waals surface area contributed by atoms with Gasteiger partial charge in [0.2, 0.25) is 0 Å². The summed E-state index contributed by atoms with van der Waals surface area (Å²) in [5, 5.41) is 0. The Morgan fingerprint density at radius 1 is 1.00 bits per heavy atom. The van der Waals surface area contributed by atoms with E-state index in [1.54, 1.807) is 12.1 Å². The molecule has 140 valence electrons. The molecule has 0 radical (unpaired) electrons. The molecule has 1 aliphatic heterocycles. The minimum Gasteiger partial charge on any atom is -0.367 e. The Balaban J connectivity index is 1.85. The van der Waals surface area contributed by atoms with E-state index in [-0.39, 0.29) is 4.90 Å². The van der Waals surface area contributed by atoms with E-state index in [4.69, 9.17) is 0 Å². The topological polar surface area (TPSA) is 52.6 Å². The van der Waals surface area contributed by atoms with Gasteiger partial charge in [-0.05, 0) is 36.9 Å². The summed E-state index contributed by atoms with van der Waals surface area (Å²) in [6.07, 6.45) is 0. The smallest absolute Gasteiger partial charge is 0.262 e. The van der Waals surface area contributed by atoms with Crippen molar-refractivity contribution < 1.29 is 17.2 Å². The van der Waals surface area contributed by atoms with Crippen molar-refractivity contribution >= 4 is 21.4 Å². The molecule has 1 N–H and O–H groups in total. The first-order valence-electron chi connectivity index (χ1n) is 8.45. The van der Waals surface area contributed by atoms with Crippen LogP contribution in [0.1, 0.15) is 6.92 Å². The van der Waals surface area contributed by atoms with Gasteiger partial charge in [-0.1, -0.05) is 19.1 Å². The SMILES string of the molecule is CCN1CCN(c2ccccc2NS(=O)(=O)c2ccc(F)c(F)c2)CC1. The van der Waals surface area contributed by atoms with Crippen LogP contribution in [0.4, 0.5) is 20.2 Å². The predicted molar refractivity (Wildman–Crippen MR) is 97.9 cm³/mol. The minimum atomic E-state index is -4.02. The van der Waals surface area contributed by atoms with E-state index in [0.717, 1.165) is 50.5 Å². The zero-order valence-corrected chi connectivity index (χ0v) is 15.3. The number of piperazine rings is 1. The van der Waals surface area contributed by atoms with Crippen molar-refractivity contribution in [3.8, 4) is 0 Å². The highest BCUT2D eigenvalue weighted by Crippen LogP contribution is 2.29. The fraction of sp³-hybridized carbons (Fsp3) is 0.333. The van der Waals surface area contributed by atoms with Gasteiger partial charge in [0, 0.05) is 26.2 Å². The van der Waals surface area contributed by atoms with Crippen molar-refractivity contribution in [3.05, 3.63) is 54.1 Å². The van der Waals surface area contributed by atoms with Crippen molar-refractivity contribution in [2.45, 2.75) is 11.8 Å². The number of para-hydroxylation sites is 2. The Morgan fingerprint density at radius 3 is 2.35 bits per heavy atom. The van der Waals surface area contributed by atoms with Crippen LogP contribution in [0.25, 0.3) is 0 Å². The van der Waals surface area contributed by atoms with Crippen LogP contribution in [0.2, 0.25) is 0 Å². The van der Waals surface area contributed by atoms with Crippen molar-refractivity contribution in [1.29, 1.82) is 0 Å². The monoisotopic (exact) mass is 381 g/mol. The van der Waals surface area contributed by atoms with Crippen LogP contribution in [0, 0.1) is 11.6 Å². The zero-order valence-electron chi connectivity index (χ0n) is 14.5. The number of likely N-dealkylation sites (N-methyl/N-ethyl adjacent to an activating group) is 1. The maximum atomic E-state index is 13.4. The Bertz CT molecular complexity index is 882. The van der Waals surface area contributed by atoms with E-state index in [1.807, 2.05) is 12.1 Å². The zero-order chi connectivity index (χ0) is 18.7. The number of sulfonamides is 1. The van der Waals surface area contributed by atoms with Crippen molar-refractivity contribution in [1.82, 2.24) is 4.90 Å². The van der Waals surface area contributed by atoms with Gasteiger partial charge in [0.1, 0.15) is 0 Å². The van der Waals surface area contributed by atoms with Crippen molar-refractivity contribution in [3.63, 3.8) is 0 Å². The lowest BCUT2D eigenvalue weighted by molar-refractivity contribution is 0.271. The molecule has 0 saturated carbocycles. The Hall–Kier alpha value is -2.19. The highest BCUT2D eigenvalue weighted by Gasteiger charge is 2.22. The molecule has 2 aromatic rings. The molecular formula is C18H21F2N3O2S. The molecule has 5 nitrogen and oxygen atoms in total. The van der Waals surface area contributed by atoms with Gasteiger partial charge in [-0.2, -0.15) is 0 Å². The van der Waals surface area contributed by atoms with Crippen molar-refractivity contribution in [2.24, 2.45) is 0 Å². The van der Waals surface area contributed by atoms with Gasteiger partial charge in [-0.15, -0.1) is 0 Å². The molecule has 0 aliphatic carbocycles. The van der Waals surface area contributed by atoms with E-state index in [1.165, 1.54) is 0 Å². The minimum absolute atomic E-state index is 0.318. The molecule has 2 aromatic carbocycles. The quantitative estimate of drug-likeness (QED) is 0.865. The third-order valence-corrected chi connectivity index (χ3v) is 5.87. The van der Waals surface area contributed by atoms with Crippen LogP contribution in [-0.2, 0) is 10.0 Å². The van der Waals surface area contributed by atoms with Gasteiger partial charge in [-0.3, -0.25) is 4.72 Å². The summed E-state index contributed by atoms with van der Waals surface area (Å²) in [5.74, 6) is -2.28. The van der Waals surface area contributed by atoms with Gasteiger partial charge in [0.15, 0.2) is 11.6 Å². The Labute approximate surface area is 152 Å². The van der Waals surface area contributed by atoms with E-state index in [0.29, 0.717) is 11.8 Å². The lowest BCUT2D eigenvalue weighted by Crippen LogP contribution is -2.46. The largest absolute Gasteiger partial charge is 0.367 e. The number of hydrogen-bond donors (Lipinski definition) is 1. The summed E-state index contributed by atoms with van der Waals surface area (Å²) >= 11 is 0. The summed E-state index contributed by atoms with van der Waals surface area (Å²) in [6.45, 7) is 6.48. The number of halogens is 2. The first-order chi connectivity index (χ1) is 12.4. The van der Waals surface area contributed by atoms with Crippen LogP contribution < -0.4 is 9.62 Å². The molecule has 1 aliphatic rings. The molecule has 1 heterocycles. The van der Waals surface area contributed by atoms with E-state index < -0.39 is 21.7 Å². The van der Waals surface area contributed by atoms with E-state index >= 15 is 0 Å². The molecule has 0 aromatic heterocycles. The predicted octanol–water partition coefficient (Wildman–Crippen LogP) is 2.91. The lowest BCUT2D eigenvalue weighted by Gasteiger charge is -2.36. The molecule has 0 atom stereocenters. The van der Waals surface area contributed by atoms with E-state index in [2.05, 4.69) is 21.4 Å². The average molecular weight is 381 g/mol. The molecular weight excluding hydrogens is 360 g/mol. The van der Waals surface area contributed by atoms with Gasteiger partial charge in [0.05, 0.1) is 16.3 Å². The highest BCUT2D eigenvalue weighted by atomic mass is 32.2. The standard InChI is InChI=1S/C18H21F2N3O2S/c1-2-22-9-11-23(12-10-22)18-6-4-3-5-17(18)21-26(24,25)14-7-8-15(19)16(20)13-14/h3-8,13,21H,2,9-12H2,1H3. The third-order valence-electron chi connectivity index (χ3n) is 4.51. The maximum Gasteiger partial charge on any atom is 0.262 e. The van der Waals surface area contributed by atoms with Crippen LogP contribution >= 0.6 is 0 Å². The summed E-state index contributed by atoms with van der Waals surface area (Å²) in [7, 11) is -4.02. The van der Waals surface area contributed by atoms with E-state index in [9.17, 15) is 17.2 Å². The number of anilines is 2. The number of nitrogens with zero attached hydrogens (tertiary/aromatic N) is 2. The first kappa shape index (κ1) is 18.6. The molecule has 1 fully saturated rings. The van der Waals surface area contributed by atoms with Crippen molar-refractivity contribution in [2.75, 3.05) is 42.3 Å². The number of nitrogens with one attached hydrogen (secondary N) is 1. The molecule has 26 heavy (non-hydrogen) atoms. The van der Waals surface area contributed by atoms with Gasteiger partial charge in [-0.25, -0.2) is 17.2 Å². The van der Waals surface area contributed by atoms with Crippen LogP contribution in [0.15, 0.2) is 47.4 Å². The molecule has 3 rings (SSSR count).